The van der Waals surface area contributed by atoms with E-state index in [0.717, 1.165) is 6.54 Å². The van der Waals surface area contributed by atoms with Gasteiger partial charge in [0, 0.05) is 6.54 Å². The fourth-order valence-electron chi connectivity index (χ4n) is 0.756. The van der Waals surface area contributed by atoms with Crippen molar-refractivity contribution in [3.8, 4) is 0 Å². The molecular weight excluding hydrogens is 110 g/mol. The first kappa shape index (κ1) is 8.54. The van der Waals surface area contributed by atoms with E-state index < -0.39 is 0 Å². The first-order valence-electron chi connectivity index (χ1n) is 3.76. The fourth-order valence-corrected chi connectivity index (χ4v) is 0.756. The van der Waals surface area contributed by atoms with Crippen LogP contribution in [-0.4, -0.2) is 6.54 Å². The lowest BCUT2D eigenvalue weighted by molar-refractivity contribution is 0.646. The SMILES string of the molecule is C=CNCCCCCC. The third kappa shape index (κ3) is 7.54. The van der Waals surface area contributed by atoms with Crippen molar-refractivity contribution >= 4 is 0 Å². The molecule has 0 aromatic heterocycles. The molecule has 0 heterocycles. The maximum absolute atomic E-state index is 3.57. The smallest absolute Gasteiger partial charge is 0.0141 e. The van der Waals surface area contributed by atoms with Crippen molar-refractivity contribution in [2.24, 2.45) is 0 Å². The van der Waals surface area contributed by atoms with E-state index >= 15 is 0 Å². The highest BCUT2D eigenvalue weighted by Gasteiger charge is 1.83. The van der Waals surface area contributed by atoms with Gasteiger partial charge in [0.1, 0.15) is 0 Å². The van der Waals surface area contributed by atoms with E-state index in [1.54, 1.807) is 6.20 Å². The minimum atomic E-state index is 1.09. The molecule has 0 fully saturated rings. The lowest BCUT2D eigenvalue weighted by atomic mass is 10.2. The number of hydrogen-bond donors (Lipinski definition) is 1. The van der Waals surface area contributed by atoms with Crippen molar-refractivity contribution in [1.82, 2.24) is 5.32 Å². The molecule has 0 aromatic carbocycles. The normalized spacial score (nSPS) is 9.00. The van der Waals surface area contributed by atoms with Crippen LogP contribution in [0, 0.1) is 0 Å². The lowest BCUT2D eigenvalue weighted by Crippen LogP contribution is -2.05. The van der Waals surface area contributed by atoms with Crippen molar-refractivity contribution in [2.75, 3.05) is 6.54 Å². The van der Waals surface area contributed by atoms with Crippen LogP contribution in [0.5, 0.6) is 0 Å². The monoisotopic (exact) mass is 127 g/mol. The van der Waals surface area contributed by atoms with E-state index in [4.69, 9.17) is 0 Å². The molecule has 0 unspecified atom stereocenters. The second-order valence-corrected chi connectivity index (χ2v) is 2.22. The second-order valence-electron chi connectivity index (χ2n) is 2.22. The predicted molar refractivity (Wildman–Crippen MR) is 42.3 cm³/mol. The van der Waals surface area contributed by atoms with E-state index in [1.165, 1.54) is 25.7 Å². The summed E-state index contributed by atoms with van der Waals surface area (Å²) < 4.78 is 0. The zero-order valence-electron chi connectivity index (χ0n) is 6.32. The minimum absolute atomic E-state index is 1.09. The van der Waals surface area contributed by atoms with Crippen LogP contribution >= 0.6 is 0 Å². The molecule has 9 heavy (non-hydrogen) atoms. The van der Waals surface area contributed by atoms with E-state index in [-0.39, 0.29) is 0 Å². The van der Waals surface area contributed by atoms with Crippen LogP contribution in [0.4, 0.5) is 0 Å². The Balaban J connectivity index is 2.66. The highest BCUT2D eigenvalue weighted by molar-refractivity contribution is 4.61. The van der Waals surface area contributed by atoms with Gasteiger partial charge in [-0.05, 0) is 12.6 Å². The zero-order valence-corrected chi connectivity index (χ0v) is 6.32. The molecule has 0 aromatic rings. The summed E-state index contributed by atoms with van der Waals surface area (Å²) in [5.74, 6) is 0. The van der Waals surface area contributed by atoms with Crippen molar-refractivity contribution in [1.29, 1.82) is 0 Å². The topological polar surface area (TPSA) is 12.0 Å². The molecule has 1 nitrogen and oxygen atoms in total. The molecule has 1 heteroatoms. The summed E-state index contributed by atoms with van der Waals surface area (Å²) >= 11 is 0. The van der Waals surface area contributed by atoms with Crippen molar-refractivity contribution < 1.29 is 0 Å². The van der Waals surface area contributed by atoms with Gasteiger partial charge in [-0.1, -0.05) is 32.8 Å². The molecule has 0 spiro atoms. The van der Waals surface area contributed by atoms with Gasteiger partial charge in [-0.25, -0.2) is 0 Å². The maximum atomic E-state index is 3.57. The Morgan fingerprint density at radius 3 is 2.67 bits per heavy atom. The second kappa shape index (κ2) is 7.54. The Kier molecular flexibility index (Phi) is 7.15. The Hall–Kier alpha value is -0.460. The summed E-state index contributed by atoms with van der Waals surface area (Å²) in [4.78, 5) is 0. The van der Waals surface area contributed by atoms with Crippen LogP contribution in [-0.2, 0) is 0 Å². The predicted octanol–water partition coefficient (Wildman–Crippen LogP) is 2.30. The average Bonchev–Trinajstić information content (AvgIpc) is 1.89. The molecule has 0 atom stereocenters. The maximum Gasteiger partial charge on any atom is 0.0141 e. The Morgan fingerprint density at radius 1 is 1.33 bits per heavy atom. The van der Waals surface area contributed by atoms with Gasteiger partial charge >= 0.3 is 0 Å². The van der Waals surface area contributed by atoms with Crippen LogP contribution in [0.2, 0.25) is 0 Å². The van der Waals surface area contributed by atoms with Gasteiger partial charge < -0.3 is 5.32 Å². The van der Waals surface area contributed by atoms with E-state index in [0.29, 0.717) is 0 Å². The van der Waals surface area contributed by atoms with E-state index in [2.05, 4.69) is 18.8 Å². The number of rotatable bonds is 6. The largest absolute Gasteiger partial charge is 0.391 e. The lowest BCUT2D eigenvalue weighted by Gasteiger charge is -1.97. The van der Waals surface area contributed by atoms with Crippen molar-refractivity contribution in [3.05, 3.63) is 12.8 Å². The summed E-state index contributed by atoms with van der Waals surface area (Å²) in [5.41, 5.74) is 0. The summed E-state index contributed by atoms with van der Waals surface area (Å²) in [5, 5.41) is 3.07. The van der Waals surface area contributed by atoms with Crippen molar-refractivity contribution in [3.63, 3.8) is 0 Å². The molecule has 0 rings (SSSR count). The van der Waals surface area contributed by atoms with Crippen LogP contribution in [0.1, 0.15) is 32.6 Å². The molecule has 0 aliphatic heterocycles. The van der Waals surface area contributed by atoms with Gasteiger partial charge in [-0.15, -0.1) is 0 Å². The van der Waals surface area contributed by atoms with Gasteiger partial charge in [-0.2, -0.15) is 0 Å². The quantitative estimate of drug-likeness (QED) is 0.540. The summed E-state index contributed by atoms with van der Waals surface area (Å²) in [6, 6.07) is 0. The molecule has 0 aliphatic carbocycles. The molecule has 54 valence electrons. The molecule has 1 N–H and O–H groups in total. The summed E-state index contributed by atoms with van der Waals surface area (Å²) in [7, 11) is 0. The fraction of sp³-hybridized carbons (Fsp3) is 0.750. The first-order valence-corrected chi connectivity index (χ1v) is 3.76. The standard InChI is InChI=1S/C8H17N/c1-3-5-6-7-8-9-4-2/h4,9H,2-3,5-8H2,1H3. The van der Waals surface area contributed by atoms with Crippen LogP contribution in [0.3, 0.4) is 0 Å². The van der Waals surface area contributed by atoms with Crippen LogP contribution < -0.4 is 5.32 Å². The molecule has 0 saturated heterocycles. The molecule has 0 saturated carbocycles. The number of unbranched alkanes of at least 4 members (excludes halogenated alkanes) is 3. The average molecular weight is 127 g/mol. The summed E-state index contributed by atoms with van der Waals surface area (Å²) in [6.07, 6.45) is 7.05. The third-order valence-corrected chi connectivity index (χ3v) is 1.32. The Labute approximate surface area is 58.2 Å². The first-order chi connectivity index (χ1) is 4.41. The highest BCUT2D eigenvalue weighted by Crippen LogP contribution is 1.96. The summed E-state index contributed by atoms with van der Waals surface area (Å²) in [6.45, 7) is 6.88. The molecule has 0 radical (unpaired) electrons. The van der Waals surface area contributed by atoms with E-state index in [1.807, 2.05) is 0 Å². The molecule has 0 aliphatic rings. The van der Waals surface area contributed by atoms with Crippen LogP contribution in [0.15, 0.2) is 12.8 Å². The number of nitrogens with one attached hydrogen (secondary N) is 1. The van der Waals surface area contributed by atoms with Gasteiger partial charge in [0.15, 0.2) is 0 Å². The molecule has 0 bridgehead atoms. The Bertz CT molecular complexity index is 59.6. The van der Waals surface area contributed by atoms with E-state index in [9.17, 15) is 0 Å². The van der Waals surface area contributed by atoms with Gasteiger partial charge in [0.05, 0.1) is 0 Å². The highest BCUT2D eigenvalue weighted by atomic mass is 14.8. The zero-order chi connectivity index (χ0) is 6.95. The Morgan fingerprint density at radius 2 is 2.11 bits per heavy atom. The third-order valence-electron chi connectivity index (χ3n) is 1.32. The van der Waals surface area contributed by atoms with Gasteiger partial charge in [0.2, 0.25) is 0 Å². The molecular formula is C8H17N. The van der Waals surface area contributed by atoms with Crippen LogP contribution in [0.25, 0.3) is 0 Å². The van der Waals surface area contributed by atoms with Gasteiger partial charge in [0.25, 0.3) is 0 Å². The molecule has 0 amide bonds. The minimum Gasteiger partial charge on any atom is -0.391 e. The van der Waals surface area contributed by atoms with Gasteiger partial charge in [-0.3, -0.25) is 0 Å². The van der Waals surface area contributed by atoms with Crippen molar-refractivity contribution in [2.45, 2.75) is 32.6 Å². The number of hydrogen-bond acceptors (Lipinski definition) is 1.